The summed E-state index contributed by atoms with van der Waals surface area (Å²) in [7, 11) is 0. The van der Waals surface area contributed by atoms with Crippen molar-refractivity contribution in [2.75, 3.05) is 11.1 Å². The first kappa shape index (κ1) is 14.3. The SMILES string of the molecule is Cc1cccc(Cl)c1NC(=O)c1cc(F)c(F)cc1N. The van der Waals surface area contributed by atoms with Crippen LogP contribution in [0.25, 0.3) is 0 Å². The summed E-state index contributed by atoms with van der Waals surface area (Å²) in [5.74, 6) is -2.90. The Morgan fingerprint density at radius 3 is 2.55 bits per heavy atom. The normalized spacial score (nSPS) is 10.4. The molecule has 0 aliphatic rings. The zero-order chi connectivity index (χ0) is 14.9. The molecule has 3 nitrogen and oxygen atoms in total. The molecule has 0 unspecified atom stereocenters. The van der Waals surface area contributed by atoms with Gasteiger partial charge in [0.1, 0.15) is 0 Å². The molecule has 0 saturated heterocycles. The molecule has 0 heterocycles. The predicted molar refractivity (Wildman–Crippen MR) is 74.9 cm³/mol. The fourth-order valence-corrected chi connectivity index (χ4v) is 2.00. The maximum Gasteiger partial charge on any atom is 0.257 e. The highest BCUT2D eigenvalue weighted by Gasteiger charge is 2.16. The Bertz CT molecular complexity index is 669. The second-order valence-electron chi connectivity index (χ2n) is 4.24. The highest BCUT2D eigenvalue weighted by molar-refractivity contribution is 6.34. The summed E-state index contributed by atoms with van der Waals surface area (Å²) in [6.45, 7) is 1.76. The van der Waals surface area contributed by atoms with Crippen LogP contribution in [0.2, 0.25) is 5.02 Å². The number of benzene rings is 2. The van der Waals surface area contributed by atoms with Crippen molar-refractivity contribution in [3.8, 4) is 0 Å². The lowest BCUT2D eigenvalue weighted by molar-refractivity contribution is 0.102. The monoisotopic (exact) mass is 296 g/mol. The molecule has 2 rings (SSSR count). The molecular formula is C14H11ClF2N2O. The summed E-state index contributed by atoms with van der Waals surface area (Å²) >= 11 is 5.98. The number of hydrogen-bond donors (Lipinski definition) is 2. The molecule has 2 aromatic carbocycles. The Hall–Kier alpha value is -2.14. The second-order valence-corrected chi connectivity index (χ2v) is 4.65. The van der Waals surface area contributed by atoms with Crippen LogP contribution in [0, 0.1) is 18.6 Å². The molecule has 104 valence electrons. The molecule has 20 heavy (non-hydrogen) atoms. The van der Waals surface area contributed by atoms with Crippen LogP contribution in [0.4, 0.5) is 20.2 Å². The quantitative estimate of drug-likeness (QED) is 0.829. The van der Waals surface area contributed by atoms with E-state index in [1.807, 2.05) is 0 Å². The minimum Gasteiger partial charge on any atom is -0.398 e. The van der Waals surface area contributed by atoms with Crippen LogP contribution in [0.15, 0.2) is 30.3 Å². The van der Waals surface area contributed by atoms with Gasteiger partial charge in [0.05, 0.1) is 16.3 Å². The van der Waals surface area contributed by atoms with E-state index in [4.69, 9.17) is 17.3 Å². The summed E-state index contributed by atoms with van der Waals surface area (Å²) in [6.07, 6.45) is 0. The van der Waals surface area contributed by atoms with Gasteiger partial charge in [-0.15, -0.1) is 0 Å². The maximum atomic E-state index is 13.2. The Balaban J connectivity index is 2.36. The van der Waals surface area contributed by atoms with Gasteiger partial charge >= 0.3 is 0 Å². The van der Waals surface area contributed by atoms with Gasteiger partial charge in [0, 0.05) is 11.8 Å². The molecule has 0 bridgehead atoms. The highest BCUT2D eigenvalue weighted by atomic mass is 35.5. The van der Waals surface area contributed by atoms with Crippen molar-refractivity contribution in [1.82, 2.24) is 0 Å². The van der Waals surface area contributed by atoms with Gasteiger partial charge in [0.15, 0.2) is 11.6 Å². The molecule has 0 fully saturated rings. The minimum atomic E-state index is -1.14. The first-order valence-corrected chi connectivity index (χ1v) is 6.09. The summed E-state index contributed by atoms with van der Waals surface area (Å²) in [6, 6.07) is 6.63. The smallest absolute Gasteiger partial charge is 0.257 e. The Labute approximate surface area is 119 Å². The van der Waals surface area contributed by atoms with Gasteiger partial charge < -0.3 is 11.1 Å². The van der Waals surface area contributed by atoms with Gasteiger partial charge in [-0.2, -0.15) is 0 Å². The lowest BCUT2D eigenvalue weighted by Gasteiger charge is -2.11. The van der Waals surface area contributed by atoms with E-state index in [0.29, 0.717) is 10.7 Å². The molecule has 0 spiro atoms. The number of carbonyl (C=O) groups excluding carboxylic acids is 1. The number of para-hydroxylation sites is 1. The predicted octanol–water partition coefficient (Wildman–Crippen LogP) is 3.76. The lowest BCUT2D eigenvalue weighted by atomic mass is 10.1. The van der Waals surface area contributed by atoms with E-state index < -0.39 is 17.5 Å². The molecule has 6 heteroatoms. The van der Waals surface area contributed by atoms with Gasteiger partial charge in [-0.25, -0.2) is 8.78 Å². The number of carbonyl (C=O) groups is 1. The van der Waals surface area contributed by atoms with Gasteiger partial charge in [0.25, 0.3) is 5.91 Å². The van der Waals surface area contributed by atoms with E-state index in [2.05, 4.69) is 5.32 Å². The van der Waals surface area contributed by atoms with Crippen LogP contribution in [0.1, 0.15) is 15.9 Å². The third kappa shape index (κ3) is 2.72. The molecule has 0 aromatic heterocycles. The number of anilines is 2. The topological polar surface area (TPSA) is 55.1 Å². The molecular weight excluding hydrogens is 286 g/mol. The Morgan fingerprint density at radius 2 is 1.90 bits per heavy atom. The summed E-state index contributed by atoms with van der Waals surface area (Å²) in [5.41, 5.74) is 6.37. The molecule has 3 N–H and O–H groups in total. The highest BCUT2D eigenvalue weighted by Crippen LogP contribution is 2.26. The third-order valence-electron chi connectivity index (χ3n) is 2.80. The van der Waals surface area contributed by atoms with E-state index in [1.54, 1.807) is 25.1 Å². The van der Waals surface area contributed by atoms with E-state index in [9.17, 15) is 13.6 Å². The fourth-order valence-electron chi connectivity index (χ4n) is 1.73. The zero-order valence-electron chi connectivity index (χ0n) is 10.5. The Kier molecular flexibility index (Phi) is 3.90. The standard InChI is InChI=1S/C14H11ClF2N2O/c1-7-3-2-4-9(15)13(7)19-14(20)8-5-10(16)11(17)6-12(8)18/h2-6H,18H2,1H3,(H,19,20). The van der Waals surface area contributed by atoms with E-state index >= 15 is 0 Å². The van der Waals surface area contributed by atoms with Crippen LogP contribution in [-0.2, 0) is 0 Å². The first-order valence-electron chi connectivity index (χ1n) is 5.71. The number of nitrogens with two attached hydrogens (primary N) is 1. The molecule has 0 saturated carbocycles. The largest absolute Gasteiger partial charge is 0.398 e. The molecule has 0 aliphatic heterocycles. The van der Waals surface area contributed by atoms with Gasteiger partial charge in [-0.05, 0) is 24.6 Å². The first-order chi connectivity index (χ1) is 9.40. The molecule has 0 radical (unpaired) electrons. The molecule has 2 aromatic rings. The van der Waals surface area contributed by atoms with Crippen LogP contribution in [-0.4, -0.2) is 5.91 Å². The third-order valence-corrected chi connectivity index (χ3v) is 3.11. The number of nitrogen functional groups attached to an aromatic ring is 1. The summed E-state index contributed by atoms with van der Waals surface area (Å²) in [5, 5.41) is 2.89. The Morgan fingerprint density at radius 1 is 1.25 bits per heavy atom. The van der Waals surface area contributed by atoms with Crippen molar-refractivity contribution in [3.05, 3.63) is 58.1 Å². The second kappa shape index (κ2) is 5.46. The summed E-state index contributed by atoms with van der Waals surface area (Å²) < 4.78 is 26.2. The van der Waals surface area contributed by atoms with Crippen molar-refractivity contribution < 1.29 is 13.6 Å². The summed E-state index contributed by atoms with van der Waals surface area (Å²) in [4.78, 5) is 12.1. The van der Waals surface area contributed by atoms with Crippen LogP contribution in [0.5, 0.6) is 0 Å². The number of halogens is 3. The van der Waals surface area contributed by atoms with E-state index in [1.165, 1.54) is 0 Å². The molecule has 0 aliphatic carbocycles. The average molecular weight is 297 g/mol. The zero-order valence-corrected chi connectivity index (χ0v) is 11.3. The number of amides is 1. The van der Waals surface area contributed by atoms with Gasteiger partial charge in [-0.1, -0.05) is 23.7 Å². The minimum absolute atomic E-state index is 0.147. The number of hydrogen-bond acceptors (Lipinski definition) is 2. The molecule has 0 atom stereocenters. The molecule has 1 amide bonds. The number of nitrogens with one attached hydrogen (secondary N) is 1. The van der Waals surface area contributed by atoms with Crippen molar-refractivity contribution >= 4 is 28.9 Å². The van der Waals surface area contributed by atoms with Crippen molar-refractivity contribution in [3.63, 3.8) is 0 Å². The van der Waals surface area contributed by atoms with Crippen molar-refractivity contribution in [2.24, 2.45) is 0 Å². The van der Waals surface area contributed by atoms with Crippen molar-refractivity contribution in [2.45, 2.75) is 6.92 Å². The fraction of sp³-hybridized carbons (Fsp3) is 0.0714. The van der Waals surface area contributed by atoms with Gasteiger partial charge in [-0.3, -0.25) is 4.79 Å². The maximum absolute atomic E-state index is 13.2. The van der Waals surface area contributed by atoms with Crippen LogP contribution < -0.4 is 11.1 Å². The van der Waals surface area contributed by atoms with Crippen LogP contribution >= 0.6 is 11.6 Å². The number of aryl methyl sites for hydroxylation is 1. The number of rotatable bonds is 2. The lowest BCUT2D eigenvalue weighted by Crippen LogP contribution is -2.16. The van der Waals surface area contributed by atoms with Gasteiger partial charge in [0.2, 0.25) is 0 Å². The van der Waals surface area contributed by atoms with Crippen LogP contribution in [0.3, 0.4) is 0 Å². The van der Waals surface area contributed by atoms with Crippen molar-refractivity contribution in [1.29, 1.82) is 0 Å². The van der Waals surface area contributed by atoms with E-state index in [-0.39, 0.29) is 11.3 Å². The average Bonchev–Trinajstić information content (AvgIpc) is 2.38. The van der Waals surface area contributed by atoms with E-state index in [0.717, 1.165) is 17.7 Å².